The first-order valence-corrected chi connectivity index (χ1v) is 4.84. The van der Waals surface area contributed by atoms with E-state index in [4.69, 9.17) is 5.11 Å². The molecule has 1 atom stereocenters. The van der Waals surface area contributed by atoms with Crippen molar-refractivity contribution >= 4 is 17.8 Å². The van der Waals surface area contributed by atoms with E-state index in [9.17, 15) is 27.6 Å². The topological polar surface area (TPSA) is 92.7 Å². The number of carbonyl (C=O) groups is 3. The highest BCUT2D eigenvalue weighted by Gasteiger charge is 2.41. The first kappa shape index (κ1) is 16.2. The van der Waals surface area contributed by atoms with Crippen molar-refractivity contribution in [2.75, 3.05) is 0 Å². The molecule has 0 fully saturated rings. The fourth-order valence-electron chi connectivity index (χ4n) is 0.922. The maximum Gasteiger partial charge on any atom is 0.471 e. The number of nitrogens with one attached hydrogen (secondary N) is 1. The largest absolute Gasteiger partial charge is 0.481 e. The summed E-state index contributed by atoms with van der Waals surface area (Å²) in [5, 5.41) is 9.72. The normalized spacial score (nSPS) is 13.0. The second-order valence-corrected chi connectivity index (χ2v) is 3.61. The number of esters is 1. The van der Waals surface area contributed by atoms with E-state index in [1.165, 1.54) is 19.2 Å². The standard InChI is InChI=1S/C9H12F3NO5/c1-4(2)18-7(16)5(3-6(14)15)13-8(17)9(10,11)12/h4-5H,3H2,1-2H3,(H,13,17)(H,14,15)/t5-/m0/s1. The number of rotatable bonds is 5. The summed E-state index contributed by atoms with van der Waals surface area (Å²) in [5.74, 6) is -5.16. The number of hydrogen-bond acceptors (Lipinski definition) is 4. The molecule has 0 saturated carbocycles. The average Bonchev–Trinajstić information content (AvgIpc) is 2.12. The Hall–Kier alpha value is -1.80. The fourth-order valence-corrected chi connectivity index (χ4v) is 0.922. The molecule has 0 saturated heterocycles. The number of amides is 1. The number of carboxylic acids is 1. The van der Waals surface area contributed by atoms with Crippen molar-refractivity contribution in [3.8, 4) is 0 Å². The van der Waals surface area contributed by atoms with Gasteiger partial charge >= 0.3 is 24.0 Å². The first-order chi connectivity index (χ1) is 8.04. The molecule has 6 nitrogen and oxygen atoms in total. The summed E-state index contributed by atoms with van der Waals surface area (Å²) in [7, 11) is 0. The minimum absolute atomic E-state index is 0.642. The van der Waals surface area contributed by atoms with Crippen molar-refractivity contribution in [2.45, 2.75) is 38.6 Å². The molecule has 1 amide bonds. The van der Waals surface area contributed by atoms with E-state index < -0.39 is 42.6 Å². The molecule has 0 aliphatic rings. The second kappa shape index (κ2) is 6.22. The quantitative estimate of drug-likeness (QED) is 0.709. The van der Waals surface area contributed by atoms with Crippen LogP contribution in [0.2, 0.25) is 0 Å². The van der Waals surface area contributed by atoms with Crippen LogP contribution in [0.4, 0.5) is 13.2 Å². The summed E-state index contributed by atoms with van der Waals surface area (Å²) in [4.78, 5) is 32.3. The van der Waals surface area contributed by atoms with Crippen molar-refractivity contribution in [1.82, 2.24) is 5.32 Å². The lowest BCUT2D eigenvalue weighted by molar-refractivity contribution is -0.176. The molecule has 0 aliphatic carbocycles. The van der Waals surface area contributed by atoms with E-state index in [1.807, 2.05) is 0 Å². The van der Waals surface area contributed by atoms with Gasteiger partial charge in [-0.25, -0.2) is 4.79 Å². The SMILES string of the molecule is CC(C)OC(=O)[C@H](CC(=O)O)NC(=O)C(F)(F)F. The molecule has 0 radical (unpaired) electrons. The van der Waals surface area contributed by atoms with Gasteiger partial charge in [0.1, 0.15) is 6.04 Å². The summed E-state index contributed by atoms with van der Waals surface area (Å²) in [6.45, 7) is 2.86. The van der Waals surface area contributed by atoms with E-state index in [-0.39, 0.29) is 0 Å². The molecular weight excluding hydrogens is 259 g/mol. The zero-order chi connectivity index (χ0) is 14.5. The number of ether oxygens (including phenoxy) is 1. The maximum absolute atomic E-state index is 12.0. The van der Waals surface area contributed by atoms with Crippen LogP contribution in [0.15, 0.2) is 0 Å². The van der Waals surface area contributed by atoms with Gasteiger partial charge in [-0.1, -0.05) is 0 Å². The molecule has 9 heteroatoms. The molecule has 2 N–H and O–H groups in total. The van der Waals surface area contributed by atoms with Crippen molar-refractivity contribution < 1.29 is 37.4 Å². The molecule has 0 unspecified atom stereocenters. The van der Waals surface area contributed by atoms with Gasteiger partial charge in [-0.05, 0) is 13.8 Å². The number of aliphatic carboxylic acids is 1. The lowest BCUT2D eigenvalue weighted by atomic mass is 10.2. The van der Waals surface area contributed by atoms with Crippen molar-refractivity contribution in [2.24, 2.45) is 0 Å². The minimum atomic E-state index is -5.20. The molecule has 0 bridgehead atoms. The highest BCUT2D eigenvalue weighted by atomic mass is 19.4. The van der Waals surface area contributed by atoms with Crippen LogP contribution in [0.25, 0.3) is 0 Å². The van der Waals surface area contributed by atoms with Gasteiger partial charge in [-0.3, -0.25) is 9.59 Å². The van der Waals surface area contributed by atoms with Crippen molar-refractivity contribution in [3.05, 3.63) is 0 Å². The Balaban J connectivity index is 4.74. The van der Waals surface area contributed by atoms with Crippen molar-refractivity contribution in [1.29, 1.82) is 0 Å². The van der Waals surface area contributed by atoms with Crippen LogP contribution in [-0.4, -0.2) is 41.3 Å². The van der Waals surface area contributed by atoms with Gasteiger partial charge in [-0.15, -0.1) is 0 Å². The molecule has 0 aliphatic heterocycles. The Bertz CT molecular complexity index is 340. The van der Waals surface area contributed by atoms with E-state index in [0.717, 1.165) is 0 Å². The Labute approximate surface area is 100 Å². The number of hydrogen-bond donors (Lipinski definition) is 2. The third-order valence-electron chi connectivity index (χ3n) is 1.58. The number of carbonyl (C=O) groups excluding carboxylic acids is 2. The summed E-state index contributed by atoms with van der Waals surface area (Å²) >= 11 is 0. The van der Waals surface area contributed by atoms with Crippen LogP contribution >= 0.6 is 0 Å². The van der Waals surface area contributed by atoms with Gasteiger partial charge < -0.3 is 15.2 Å². The lowest BCUT2D eigenvalue weighted by Crippen LogP contribution is -2.48. The molecular formula is C9H12F3NO5. The van der Waals surface area contributed by atoms with Gasteiger partial charge in [0.05, 0.1) is 12.5 Å². The van der Waals surface area contributed by atoms with E-state index in [1.54, 1.807) is 0 Å². The van der Waals surface area contributed by atoms with E-state index in [2.05, 4.69) is 4.74 Å². The molecule has 0 aromatic rings. The number of halogens is 3. The summed E-state index contributed by atoms with van der Waals surface area (Å²) in [5.41, 5.74) is 0. The predicted molar refractivity (Wildman–Crippen MR) is 51.5 cm³/mol. The maximum atomic E-state index is 12.0. The number of alkyl halides is 3. The van der Waals surface area contributed by atoms with Crippen LogP contribution in [-0.2, 0) is 19.1 Å². The second-order valence-electron chi connectivity index (χ2n) is 3.61. The predicted octanol–water partition coefficient (Wildman–Crippen LogP) is 0.460. The molecule has 0 rings (SSSR count). The highest BCUT2D eigenvalue weighted by Crippen LogP contribution is 2.15. The van der Waals surface area contributed by atoms with Crippen LogP contribution in [0, 0.1) is 0 Å². The average molecular weight is 271 g/mol. The Morgan fingerprint density at radius 3 is 2.11 bits per heavy atom. The zero-order valence-electron chi connectivity index (χ0n) is 9.58. The number of carboxylic acid groups (broad SMARTS) is 1. The Morgan fingerprint density at radius 2 is 1.78 bits per heavy atom. The monoisotopic (exact) mass is 271 g/mol. The lowest BCUT2D eigenvalue weighted by Gasteiger charge is -2.18. The summed E-state index contributed by atoms with van der Waals surface area (Å²) < 4.78 is 40.4. The third kappa shape index (κ3) is 6.06. The van der Waals surface area contributed by atoms with Crippen LogP contribution in [0.1, 0.15) is 20.3 Å². The van der Waals surface area contributed by atoms with Crippen LogP contribution < -0.4 is 5.32 Å². The Morgan fingerprint density at radius 1 is 1.28 bits per heavy atom. The first-order valence-electron chi connectivity index (χ1n) is 4.84. The van der Waals surface area contributed by atoms with E-state index in [0.29, 0.717) is 0 Å². The van der Waals surface area contributed by atoms with Gasteiger partial charge in [0.15, 0.2) is 0 Å². The molecule has 18 heavy (non-hydrogen) atoms. The van der Waals surface area contributed by atoms with Crippen LogP contribution in [0.5, 0.6) is 0 Å². The van der Waals surface area contributed by atoms with Gasteiger partial charge in [0, 0.05) is 0 Å². The van der Waals surface area contributed by atoms with E-state index >= 15 is 0 Å². The Kier molecular flexibility index (Phi) is 5.60. The molecule has 0 spiro atoms. The molecule has 0 aromatic carbocycles. The molecule has 0 heterocycles. The minimum Gasteiger partial charge on any atom is -0.481 e. The fraction of sp³-hybridized carbons (Fsp3) is 0.667. The van der Waals surface area contributed by atoms with Gasteiger partial charge in [0.2, 0.25) is 0 Å². The highest BCUT2D eigenvalue weighted by molar-refractivity contribution is 5.89. The zero-order valence-corrected chi connectivity index (χ0v) is 9.58. The van der Waals surface area contributed by atoms with Crippen LogP contribution in [0.3, 0.4) is 0 Å². The molecule has 0 aromatic heterocycles. The summed E-state index contributed by atoms with van der Waals surface area (Å²) in [6.07, 6.45) is -6.83. The van der Waals surface area contributed by atoms with Gasteiger partial charge in [0.25, 0.3) is 0 Å². The molecule has 104 valence electrons. The smallest absolute Gasteiger partial charge is 0.471 e. The third-order valence-corrected chi connectivity index (χ3v) is 1.58. The van der Waals surface area contributed by atoms with Gasteiger partial charge in [-0.2, -0.15) is 13.2 Å². The van der Waals surface area contributed by atoms with Crippen molar-refractivity contribution in [3.63, 3.8) is 0 Å². The summed E-state index contributed by atoms with van der Waals surface area (Å²) in [6, 6.07) is -1.88.